The Hall–Kier alpha value is -1.28. The van der Waals surface area contributed by atoms with Crippen LogP contribution in [-0.2, 0) is 9.47 Å². The predicted octanol–water partition coefficient (Wildman–Crippen LogP) is 2.23. The smallest absolute Gasteiger partial charge is 0.410 e. The van der Waals surface area contributed by atoms with Gasteiger partial charge in [0.25, 0.3) is 0 Å². The number of terminal acetylenes is 1. The maximum absolute atomic E-state index is 13.9. The maximum atomic E-state index is 13.9. The minimum atomic E-state index is -1.10. The molecular weight excluding hydrogens is 249 g/mol. The van der Waals surface area contributed by atoms with Crippen LogP contribution in [0.3, 0.4) is 0 Å². The molecule has 0 aromatic heterocycles. The summed E-state index contributed by atoms with van der Waals surface area (Å²) in [6.07, 6.45) is 4.06. The molecule has 108 valence electrons. The van der Waals surface area contributed by atoms with Gasteiger partial charge in [0.15, 0.2) is 0 Å². The van der Waals surface area contributed by atoms with E-state index in [-0.39, 0.29) is 19.1 Å². The van der Waals surface area contributed by atoms with Crippen LogP contribution < -0.4 is 0 Å². The average molecular weight is 271 g/mol. The molecule has 2 unspecified atom stereocenters. The van der Waals surface area contributed by atoms with Crippen molar-refractivity contribution in [2.75, 3.05) is 26.3 Å². The topological polar surface area (TPSA) is 38.8 Å². The van der Waals surface area contributed by atoms with E-state index in [1.54, 1.807) is 20.8 Å². The molecule has 1 heterocycles. The van der Waals surface area contributed by atoms with Crippen LogP contribution in [0.4, 0.5) is 9.18 Å². The molecule has 1 amide bonds. The Morgan fingerprint density at radius 1 is 1.53 bits per heavy atom. The standard InChI is InChI=1S/C14H22FNO3/c1-5-8-18-10-11-6-7-16(9-12(11)15)13(17)19-14(2,3)4/h1,11-12H,6-10H2,2-4H3. The molecule has 0 aromatic rings. The highest BCUT2D eigenvalue weighted by atomic mass is 19.1. The van der Waals surface area contributed by atoms with Crippen LogP contribution in [-0.4, -0.2) is 49.1 Å². The number of nitrogens with zero attached hydrogens (tertiary/aromatic N) is 1. The van der Waals surface area contributed by atoms with Gasteiger partial charge in [0, 0.05) is 12.5 Å². The van der Waals surface area contributed by atoms with Crippen molar-refractivity contribution < 1.29 is 18.7 Å². The largest absolute Gasteiger partial charge is 0.444 e. The minimum absolute atomic E-state index is 0.0546. The highest BCUT2D eigenvalue weighted by Gasteiger charge is 2.33. The second-order valence-corrected chi connectivity index (χ2v) is 5.71. The third-order valence-corrected chi connectivity index (χ3v) is 2.85. The Morgan fingerprint density at radius 3 is 2.74 bits per heavy atom. The van der Waals surface area contributed by atoms with Crippen LogP contribution in [0.5, 0.6) is 0 Å². The van der Waals surface area contributed by atoms with Crippen molar-refractivity contribution in [3.8, 4) is 12.3 Å². The number of hydrogen-bond donors (Lipinski definition) is 0. The highest BCUT2D eigenvalue weighted by Crippen LogP contribution is 2.22. The third-order valence-electron chi connectivity index (χ3n) is 2.85. The molecular formula is C14H22FNO3. The number of ether oxygens (including phenoxy) is 2. The van der Waals surface area contributed by atoms with Crippen LogP contribution >= 0.6 is 0 Å². The van der Waals surface area contributed by atoms with Crippen molar-refractivity contribution in [2.24, 2.45) is 5.92 Å². The summed E-state index contributed by atoms with van der Waals surface area (Å²) in [5, 5.41) is 0. The first-order valence-electron chi connectivity index (χ1n) is 6.46. The van der Waals surface area contributed by atoms with E-state index in [9.17, 15) is 9.18 Å². The van der Waals surface area contributed by atoms with Crippen molar-refractivity contribution in [3.63, 3.8) is 0 Å². The van der Waals surface area contributed by atoms with E-state index < -0.39 is 17.9 Å². The molecule has 4 nitrogen and oxygen atoms in total. The number of hydrogen-bond acceptors (Lipinski definition) is 3. The SMILES string of the molecule is C#CCOCC1CCN(C(=O)OC(C)(C)C)CC1F. The summed E-state index contributed by atoms with van der Waals surface area (Å²) in [7, 11) is 0. The molecule has 5 heteroatoms. The van der Waals surface area contributed by atoms with Gasteiger partial charge in [-0.1, -0.05) is 5.92 Å². The van der Waals surface area contributed by atoms with E-state index in [1.165, 1.54) is 4.90 Å². The van der Waals surface area contributed by atoms with Gasteiger partial charge in [-0.3, -0.25) is 0 Å². The van der Waals surface area contributed by atoms with Crippen molar-refractivity contribution in [3.05, 3.63) is 0 Å². The maximum Gasteiger partial charge on any atom is 0.410 e. The molecule has 0 aromatic carbocycles. The van der Waals surface area contributed by atoms with Crippen molar-refractivity contribution >= 4 is 6.09 Å². The van der Waals surface area contributed by atoms with Gasteiger partial charge in [0.05, 0.1) is 13.2 Å². The van der Waals surface area contributed by atoms with E-state index in [0.717, 1.165) is 0 Å². The van der Waals surface area contributed by atoms with Crippen LogP contribution in [0, 0.1) is 18.3 Å². The highest BCUT2D eigenvalue weighted by molar-refractivity contribution is 5.68. The fraction of sp³-hybridized carbons (Fsp3) is 0.786. The molecule has 0 radical (unpaired) electrons. The first-order chi connectivity index (χ1) is 8.83. The normalized spacial score (nSPS) is 23.8. The number of halogens is 1. The molecule has 0 bridgehead atoms. The van der Waals surface area contributed by atoms with Crippen molar-refractivity contribution in [2.45, 2.75) is 39.0 Å². The van der Waals surface area contributed by atoms with Gasteiger partial charge in [0.2, 0.25) is 0 Å². The van der Waals surface area contributed by atoms with E-state index in [2.05, 4.69) is 5.92 Å². The molecule has 19 heavy (non-hydrogen) atoms. The van der Waals surface area contributed by atoms with Crippen LogP contribution in [0.15, 0.2) is 0 Å². The molecule has 1 saturated heterocycles. The first kappa shape index (κ1) is 15.8. The van der Waals surface area contributed by atoms with E-state index in [4.69, 9.17) is 15.9 Å². The fourth-order valence-electron chi connectivity index (χ4n) is 1.90. The number of carbonyl (C=O) groups excluding carboxylic acids is 1. The second-order valence-electron chi connectivity index (χ2n) is 5.71. The first-order valence-corrected chi connectivity index (χ1v) is 6.46. The second kappa shape index (κ2) is 6.76. The molecule has 1 fully saturated rings. The van der Waals surface area contributed by atoms with E-state index in [1.807, 2.05) is 0 Å². The van der Waals surface area contributed by atoms with Crippen LogP contribution in [0.2, 0.25) is 0 Å². The van der Waals surface area contributed by atoms with Gasteiger partial charge in [-0.05, 0) is 27.2 Å². The van der Waals surface area contributed by atoms with Crippen LogP contribution in [0.1, 0.15) is 27.2 Å². The monoisotopic (exact) mass is 271 g/mol. The summed E-state index contributed by atoms with van der Waals surface area (Å²) in [5.74, 6) is 2.14. The molecule has 0 aliphatic carbocycles. The summed E-state index contributed by atoms with van der Waals surface area (Å²) in [6.45, 7) is 6.40. The van der Waals surface area contributed by atoms with Gasteiger partial charge in [0.1, 0.15) is 18.4 Å². The lowest BCUT2D eigenvalue weighted by Gasteiger charge is -2.35. The summed E-state index contributed by atoms with van der Waals surface area (Å²) in [5.41, 5.74) is -0.560. The lowest BCUT2D eigenvalue weighted by atomic mass is 9.96. The molecule has 1 aliphatic heterocycles. The fourth-order valence-corrected chi connectivity index (χ4v) is 1.90. The molecule has 0 spiro atoms. The van der Waals surface area contributed by atoms with Gasteiger partial charge in [-0.25, -0.2) is 9.18 Å². The van der Waals surface area contributed by atoms with Gasteiger partial charge < -0.3 is 14.4 Å². The number of likely N-dealkylation sites (tertiary alicyclic amines) is 1. The lowest BCUT2D eigenvalue weighted by Crippen LogP contribution is -2.47. The number of alkyl halides is 1. The molecule has 2 atom stereocenters. The molecule has 1 aliphatic rings. The van der Waals surface area contributed by atoms with Gasteiger partial charge in [-0.15, -0.1) is 6.42 Å². The third kappa shape index (κ3) is 5.48. The number of rotatable bonds is 3. The van der Waals surface area contributed by atoms with E-state index >= 15 is 0 Å². The van der Waals surface area contributed by atoms with Crippen molar-refractivity contribution in [1.29, 1.82) is 0 Å². The average Bonchev–Trinajstić information content (AvgIpc) is 2.29. The van der Waals surface area contributed by atoms with Crippen molar-refractivity contribution in [1.82, 2.24) is 4.90 Å². The molecule has 0 N–H and O–H groups in total. The zero-order valence-electron chi connectivity index (χ0n) is 11.8. The number of piperidine rings is 1. The summed E-state index contributed by atoms with van der Waals surface area (Å²) < 4.78 is 24.3. The Bertz CT molecular complexity index is 346. The summed E-state index contributed by atoms with van der Waals surface area (Å²) in [6, 6.07) is 0. The Morgan fingerprint density at radius 2 is 2.21 bits per heavy atom. The van der Waals surface area contributed by atoms with Gasteiger partial charge in [-0.2, -0.15) is 0 Å². The zero-order chi connectivity index (χ0) is 14.5. The summed E-state index contributed by atoms with van der Waals surface area (Å²) >= 11 is 0. The minimum Gasteiger partial charge on any atom is -0.444 e. The number of amides is 1. The summed E-state index contributed by atoms with van der Waals surface area (Å²) in [4.78, 5) is 13.2. The quantitative estimate of drug-likeness (QED) is 0.583. The molecule has 1 rings (SSSR count). The zero-order valence-corrected chi connectivity index (χ0v) is 11.8. The van der Waals surface area contributed by atoms with Crippen LogP contribution in [0.25, 0.3) is 0 Å². The molecule has 0 saturated carbocycles. The predicted molar refractivity (Wildman–Crippen MR) is 70.5 cm³/mol. The Labute approximate surface area is 114 Å². The number of carbonyl (C=O) groups is 1. The van der Waals surface area contributed by atoms with E-state index in [0.29, 0.717) is 19.6 Å². The van der Waals surface area contributed by atoms with Gasteiger partial charge >= 0.3 is 6.09 Å². The Kier molecular flexibility index (Phi) is 5.61. The lowest BCUT2D eigenvalue weighted by molar-refractivity contribution is -0.00720. The Balaban J connectivity index is 2.41.